The Kier molecular flexibility index (Phi) is 5.38. The number of carbonyl (C=O) groups excluding carboxylic acids is 1. The van der Waals surface area contributed by atoms with E-state index < -0.39 is 15.9 Å². The summed E-state index contributed by atoms with van der Waals surface area (Å²) in [7, 11) is -3.83. The fraction of sp³-hybridized carbons (Fsp3) is 0.0588. The van der Waals surface area contributed by atoms with E-state index in [2.05, 4.69) is 36.2 Å². The lowest BCUT2D eigenvalue weighted by atomic mass is 10.2. The number of nitrogens with zero attached hydrogens (tertiary/aromatic N) is 1. The average Bonchev–Trinajstić information content (AvgIpc) is 3.08. The lowest BCUT2D eigenvalue weighted by Crippen LogP contribution is -2.25. The Labute approximate surface area is 159 Å². The van der Waals surface area contributed by atoms with E-state index in [1.807, 2.05) is 30.3 Å². The van der Waals surface area contributed by atoms with Crippen LogP contribution < -0.4 is 10.0 Å². The molecule has 7 nitrogen and oxygen atoms in total. The van der Waals surface area contributed by atoms with E-state index in [4.69, 9.17) is 0 Å². The molecule has 0 atom stereocenters. The number of aromatic nitrogens is 2. The summed E-state index contributed by atoms with van der Waals surface area (Å²) in [6, 6.07) is 15.5. The van der Waals surface area contributed by atoms with E-state index >= 15 is 0 Å². The van der Waals surface area contributed by atoms with Gasteiger partial charge in [-0.2, -0.15) is 5.10 Å². The van der Waals surface area contributed by atoms with Crippen LogP contribution in [0, 0.1) is 0 Å². The molecule has 0 aliphatic carbocycles. The van der Waals surface area contributed by atoms with E-state index in [1.54, 1.807) is 12.1 Å². The molecule has 2 aromatic carbocycles. The highest BCUT2D eigenvalue weighted by atomic mass is 79.9. The van der Waals surface area contributed by atoms with Crippen molar-refractivity contribution in [3.05, 3.63) is 76.5 Å². The van der Waals surface area contributed by atoms with Gasteiger partial charge < -0.3 is 5.32 Å². The summed E-state index contributed by atoms with van der Waals surface area (Å²) in [5.74, 6) is -0.483. The molecule has 0 unspecified atom stereocenters. The maximum Gasteiger partial charge on any atom is 0.274 e. The van der Waals surface area contributed by atoms with Crippen molar-refractivity contribution in [1.29, 1.82) is 0 Å². The normalized spacial score (nSPS) is 11.1. The van der Waals surface area contributed by atoms with E-state index in [0.29, 0.717) is 6.54 Å². The maximum absolute atomic E-state index is 12.5. The van der Waals surface area contributed by atoms with Gasteiger partial charge in [-0.1, -0.05) is 46.3 Å². The number of carbonyl (C=O) groups is 1. The van der Waals surface area contributed by atoms with Gasteiger partial charge in [-0.05, 0) is 29.8 Å². The van der Waals surface area contributed by atoms with Gasteiger partial charge >= 0.3 is 0 Å². The van der Waals surface area contributed by atoms with Crippen LogP contribution >= 0.6 is 15.9 Å². The van der Waals surface area contributed by atoms with Crippen molar-refractivity contribution >= 4 is 37.5 Å². The molecule has 1 amide bonds. The summed E-state index contributed by atoms with van der Waals surface area (Å²) >= 11 is 3.26. The fourth-order valence-electron chi connectivity index (χ4n) is 2.22. The number of anilines is 1. The van der Waals surface area contributed by atoms with Crippen LogP contribution in [0.3, 0.4) is 0 Å². The summed E-state index contributed by atoms with van der Waals surface area (Å²) in [5.41, 5.74) is 0.980. The maximum atomic E-state index is 12.5. The Morgan fingerprint density at radius 1 is 1.08 bits per heavy atom. The molecule has 0 saturated carbocycles. The number of halogens is 1. The minimum absolute atomic E-state index is 0.0263. The van der Waals surface area contributed by atoms with Crippen LogP contribution in [0.1, 0.15) is 16.1 Å². The zero-order valence-corrected chi connectivity index (χ0v) is 15.8. The first-order valence-corrected chi connectivity index (χ1v) is 9.87. The molecule has 0 bridgehead atoms. The third-order valence-electron chi connectivity index (χ3n) is 3.52. The molecule has 1 aromatic heterocycles. The smallest absolute Gasteiger partial charge is 0.274 e. The molecule has 9 heteroatoms. The summed E-state index contributed by atoms with van der Waals surface area (Å²) < 4.78 is 28.1. The molecule has 0 aliphatic heterocycles. The minimum Gasteiger partial charge on any atom is -0.346 e. The van der Waals surface area contributed by atoms with Crippen molar-refractivity contribution in [1.82, 2.24) is 15.5 Å². The summed E-state index contributed by atoms with van der Waals surface area (Å²) in [4.78, 5) is 12.4. The van der Waals surface area contributed by atoms with Crippen LogP contribution in [0.5, 0.6) is 0 Å². The predicted octanol–water partition coefficient (Wildman–Crippen LogP) is 2.90. The highest BCUT2D eigenvalue weighted by molar-refractivity contribution is 9.10. The molecule has 3 aromatic rings. The van der Waals surface area contributed by atoms with Crippen molar-refractivity contribution < 1.29 is 13.2 Å². The Bertz CT molecular complexity index is 1000. The first-order chi connectivity index (χ1) is 12.5. The van der Waals surface area contributed by atoms with Gasteiger partial charge in [0.05, 0.1) is 10.6 Å². The minimum atomic E-state index is -3.83. The standard InChI is InChI=1S/C17H15BrN4O3S/c18-13-6-8-14(9-7-13)26(24,25)22-15-11-20-21-16(15)17(23)19-10-12-4-2-1-3-5-12/h1-9,11,22H,10H2,(H,19,23)(H,20,21). The van der Waals surface area contributed by atoms with Crippen molar-refractivity contribution in [2.45, 2.75) is 11.4 Å². The highest BCUT2D eigenvalue weighted by Crippen LogP contribution is 2.20. The molecule has 3 N–H and O–H groups in total. The van der Waals surface area contributed by atoms with Crippen LogP contribution in [-0.4, -0.2) is 24.5 Å². The number of benzene rings is 2. The first-order valence-electron chi connectivity index (χ1n) is 7.60. The SMILES string of the molecule is O=C(NCc1ccccc1)c1n[nH]cc1NS(=O)(=O)c1ccc(Br)cc1. The van der Waals surface area contributed by atoms with Gasteiger partial charge in [0.15, 0.2) is 5.69 Å². The predicted molar refractivity (Wildman–Crippen MR) is 101 cm³/mol. The van der Waals surface area contributed by atoms with E-state index in [0.717, 1.165) is 10.0 Å². The van der Waals surface area contributed by atoms with Crippen molar-refractivity contribution in [2.24, 2.45) is 0 Å². The fourth-order valence-corrected chi connectivity index (χ4v) is 3.54. The van der Waals surface area contributed by atoms with Gasteiger partial charge in [-0.3, -0.25) is 14.6 Å². The van der Waals surface area contributed by atoms with Gasteiger partial charge in [0.1, 0.15) is 0 Å². The second-order valence-corrected chi connectivity index (χ2v) is 7.97. The van der Waals surface area contributed by atoms with E-state index in [1.165, 1.54) is 18.3 Å². The number of H-pyrrole nitrogens is 1. The zero-order chi connectivity index (χ0) is 18.6. The number of hydrogen-bond donors (Lipinski definition) is 3. The lowest BCUT2D eigenvalue weighted by Gasteiger charge is -2.09. The van der Waals surface area contributed by atoms with Crippen molar-refractivity contribution in [2.75, 3.05) is 4.72 Å². The molecular weight excluding hydrogens is 420 g/mol. The molecule has 0 aliphatic rings. The number of nitrogens with one attached hydrogen (secondary N) is 3. The van der Waals surface area contributed by atoms with Gasteiger partial charge in [-0.25, -0.2) is 8.42 Å². The Hall–Kier alpha value is -2.65. The van der Waals surface area contributed by atoms with Gasteiger partial charge in [0.25, 0.3) is 15.9 Å². The van der Waals surface area contributed by atoms with Crippen LogP contribution in [-0.2, 0) is 16.6 Å². The van der Waals surface area contributed by atoms with Gasteiger partial charge in [0.2, 0.25) is 0 Å². The number of amides is 1. The van der Waals surface area contributed by atoms with Crippen LogP contribution in [0.2, 0.25) is 0 Å². The summed E-state index contributed by atoms with van der Waals surface area (Å²) in [5, 5.41) is 9.08. The number of rotatable bonds is 6. The lowest BCUT2D eigenvalue weighted by molar-refractivity contribution is 0.0947. The third-order valence-corrected chi connectivity index (χ3v) is 5.43. The number of aromatic amines is 1. The highest BCUT2D eigenvalue weighted by Gasteiger charge is 2.21. The van der Waals surface area contributed by atoms with Crippen LogP contribution in [0.4, 0.5) is 5.69 Å². The second kappa shape index (κ2) is 7.71. The molecule has 0 saturated heterocycles. The molecule has 0 spiro atoms. The van der Waals surface area contributed by atoms with Gasteiger partial charge in [0, 0.05) is 17.2 Å². The van der Waals surface area contributed by atoms with E-state index in [-0.39, 0.29) is 16.3 Å². The zero-order valence-electron chi connectivity index (χ0n) is 13.4. The van der Waals surface area contributed by atoms with Gasteiger partial charge in [-0.15, -0.1) is 0 Å². The molecule has 0 fully saturated rings. The summed E-state index contributed by atoms with van der Waals surface area (Å²) in [6.45, 7) is 0.311. The number of sulfonamides is 1. The Balaban J connectivity index is 1.73. The third kappa shape index (κ3) is 4.30. The molecule has 26 heavy (non-hydrogen) atoms. The van der Waals surface area contributed by atoms with Crippen molar-refractivity contribution in [3.63, 3.8) is 0 Å². The molecular formula is C17H15BrN4O3S. The van der Waals surface area contributed by atoms with Crippen molar-refractivity contribution in [3.8, 4) is 0 Å². The molecule has 0 radical (unpaired) electrons. The van der Waals surface area contributed by atoms with Crippen LogP contribution in [0.25, 0.3) is 0 Å². The second-order valence-electron chi connectivity index (χ2n) is 5.38. The average molecular weight is 435 g/mol. The quantitative estimate of drug-likeness (QED) is 0.554. The van der Waals surface area contributed by atoms with E-state index in [9.17, 15) is 13.2 Å². The molecule has 1 heterocycles. The van der Waals surface area contributed by atoms with Crippen LogP contribution in [0.15, 0.2) is 70.2 Å². The Morgan fingerprint density at radius 2 is 1.77 bits per heavy atom. The Morgan fingerprint density at radius 3 is 2.46 bits per heavy atom. The largest absolute Gasteiger partial charge is 0.346 e. The topological polar surface area (TPSA) is 104 Å². The first kappa shape index (κ1) is 18.2. The molecule has 134 valence electrons. The monoisotopic (exact) mass is 434 g/mol. The molecule has 3 rings (SSSR count). The number of hydrogen-bond acceptors (Lipinski definition) is 4. The summed E-state index contributed by atoms with van der Waals surface area (Å²) in [6.07, 6.45) is 1.33.